The van der Waals surface area contributed by atoms with Crippen molar-refractivity contribution in [2.45, 2.75) is 45.3 Å². The molecule has 1 aliphatic heterocycles. The highest BCUT2D eigenvalue weighted by molar-refractivity contribution is 6.00. The molecule has 0 spiro atoms. The van der Waals surface area contributed by atoms with Crippen LogP contribution >= 0.6 is 0 Å². The van der Waals surface area contributed by atoms with Crippen LogP contribution in [-0.2, 0) is 11.3 Å². The van der Waals surface area contributed by atoms with E-state index in [1.807, 2.05) is 0 Å². The summed E-state index contributed by atoms with van der Waals surface area (Å²) in [5.41, 5.74) is 11.7. The molecule has 2 heterocycles. The quantitative estimate of drug-likeness (QED) is 0.444. The minimum Gasteiger partial charge on any atom is -0.475 e. The van der Waals surface area contributed by atoms with Gasteiger partial charge in [0, 0.05) is 23.0 Å². The van der Waals surface area contributed by atoms with Gasteiger partial charge in [-0.25, -0.2) is 9.18 Å². The van der Waals surface area contributed by atoms with Crippen LogP contribution in [0.4, 0.5) is 17.6 Å². The van der Waals surface area contributed by atoms with Crippen molar-refractivity contribution in [3.8, 4) is 0 Å². The van der Waals surface area contributed by atoms with Gasteiger partial charge < -0.3 is 15.8 Å². The van der Waals surface area contributed by atoms with E-state index in [-0.39, 0.29) is 5.82 Å². The Morgan fingerprint density at radius 2 is 1.69 bits per heavy atom. The first-order chi connectivity index (χ1) is 16.4. The minimum absolute atomic E-state index is 0.308. The number of alkyl halides is 3. The number of fused-ring (bicyclic) bond motifs is 1. The fraction of sp³-hybridized carbons (Fsp3) is 0.360. The van der Waals surface area contributed by atoms with E-state index in [2.05, 4.69) is 41.9 Å². The molecule has 0 unspecified atom stereocenters. The molecule has 1 fully saturated rings. The molecule has 6 nitrogen and oxygen atoms in total. The fourth-order valence-corrected chi connectivity index (χ4v) is 4.67. The normalized spacial score (nSPS) is 15.0. The number of primary amides is 1. The van der Waals surface area contributed by atoms with Crippen molar-refractivity contribution in [2.75, 3.05) is 13.1 Å². The van der Waals surface area contributed by atoms with Crippen molar-refractivity contribution in [2.24, 2.45) is 5.73 Å². The zero-order valence-corrected chi connectivity index (χ0v) is 19.4. The second-order valence-corrected chi connectivity index (χ2v) is 8.69. The highest BCUT2D eigenvalue weighted by Crippen LogP contribution is 2.34. The van der Waals surface area contributed by atoms with E-state index in [0.29, 0.717) is 18.2 Å². The zero-order chi connectivity index (χ0) is 25.9. The molecule has 4 N–H and O–H groups in total. The molecule has 2 aromatic carbocycles. The summed E-state index contributed by atoms with van der Waals surface area (Å²) in [4.78, 5) is 26.2. The average Bonchev–Trinajstić information content (AvgIpc) is 3.12. The predicted octanol–water partition coefficient (Wildman–Crippen LogP) is 5.04. The summed E-state index contributed by atoms with van der Waals surface area (Å²) in [6, 6.07) is 11.0. The third-order valence-corrected chi connectivity index (χ3v) is 6.28. The molecule has 35 heavy (non-hydrogen) atoms. The average molecular weight is 494 g/mol. The molecular weight excluding hydrogens is 466 g/mol. The summed E-state index contributed by atoms with van der Waals surface area (Å²) in [7, 11) is 0. The lowest BCUT2D eigenvalue weighted by Crippen LogP contribution is -2.33. The van der Waals surface area contributed by atoms with E-state index in [0.717, 1.165) is 42.4 Å². The van der Waals surface area contributed by atoms with Crippen molar-refractivity contribution in [3.05, 3.63) is 70.2 Å². The van der Waals surface area contributed by atoms with E-state index in [1.165, 1.54) is 28.8 Å². The number of nitrogens with zero attached hydrogens (tertiary/aromatic N) is 1. The fourth-order valence-electron chi connectivity index (χ4n) is 4.67. The van der Waals surface area contributed by atoms with E-state index in [9.17, 15) is 22.4 Å². The molecule has 0 radical (unpaired) electrons. The highest BCUT2D eigenvalue weighted by atomic mass is 19.4. The molecule has 0 bridgehead atoms. The SMILES string of the molecule is Cc1cccc(C)c1C1CCN(Cc2c(C(N)=O)[nH]c3ccc(F)cc23)CC1.O=C(O)C(F)(F)F. The molecule has 1 aromatic heterocycles. The Labute approximate surface area is 199 Å². The van der Waals surface area contributed by atoms with Gasteiger partial charge in [0.05, 0.1) is 0 Å². The number of carbonyl (C=O) groups is 2. The Bertz CT molecular complexity index is 1210. The summed E-state index contributed by atoms with van der Waals surface area (Å²) >= 11 is 0. The standard InChI is InChI=1S/C23H26FN3O.C2HF3O2/c1-14-4-3-5-15(2)21(14)16-8-10-27(11-9-16)13-19-18-12-17(24)6-7-20(18)26-22(19)23(25)28;3-2(4,5)1(6)7/h3-7,12,16,26H,8-11,13H2,1-2H3,(H2,25,28);(H,6,7). The lowest BCUT2D eigenvalue weighted by Gasteiger charge is -2.33. The van der Waals surface area contributed by atoms with Crippen LogP contribution in [0, 0.1) is 19.7 Å². The molecule has 10 heteroatoms. The minimum atomic E-state index is -5.08. The number of benzene rings is 2. The van der Waals surface area contributed by atoms with Crippen LogP contribution in [0.2, 0.25) is 0 Å². The van der Waals surface area contributed by atoms with Crippen LogP contribution in [0.3, 0.4) is 0 Å². The van der Waals surface area contributed by atoms with Crippen LogP contribution in [0.15, 0.2) is 36.4 Å². The molecule has 3 aromatic rings. The maximum absolute atomic E-state index is 13.8. The molecule has 0 atom stereocenters. The number of hydrogen-bond acceptors (Lipinski definition) is 3. The molecular formula is C25H27F4N3O3. The van der Waals surface area contributed by atoms with E-state index < -0.39 is 18.1 Å². The maximum Gasteiger partial charge on any atom is 0.490 e. The second kappa shape index (κ2) is 10.5. The first-order valence-corrected chi connectivity index (χ1v) is 11.1. The van der Waals surface area contributed by atoms with Gasteiger partial charge in [0.1, 0.15) is 11.5 Å². The number of likely N-dealkylation sites (tertiary alicyclic amines) is 1. The van der Waals surface area contributed by atoms with Gasteiger partial charge >= 0.3 is 12.1 Å². The summed E-state index contributed by atoms with van der Waals surface area (Å²) in [6.45, 7) is 6.86. The second-order valence-electron chi connectivity index (χ2n) is 8.69. The zero-order valence-electron chi connectivity index (χ0n) is 19.4. The molecule has 1 aliphatic rings. The van der Waals surface area contributed by atoms with Gasteiger partial charge in [0.25, 0.3) is 5.91 Å². The van der Waals surface area contributed by atoms with Gasteiger partial charge in [-0.2, -0.15) is 13.2 Å². The van der Waals surface area contributed by atoms with Gasteiger partial charge in [0.15, 0.2) is 0 Å². The number of carbonyl (C=O) groups excluding carboxylic acids is 1. The molecule has 0 aliphatic carbocycles. The maximum atomic E-state index is 13.8. The highest BCUT2D eigenvalue weighted by Gasteiger charge is 2.38. The number of halogens is 4. The largest absolute Gasteiger partial charge is 0.490 e. The van der Waals surface area contributed by atoms with Crippen LogP contribution in [-0.4, -0.2) is 46.1 Å². The number of aliphatic carboxylic acids is 1. The van der Waals surface area contributed by atoms with Crippen molar-refractivity contribution in [1.82, 2.24) is 9.88 Å². The van der Waals surface area contributed by atoms with Crippen molar-refractivity contribution >= 4 is 22.8 Å². The number of amides is 1. The van der Waals surface area contributed by atoms with Gasteiger partial charge in [-0.1, -0.05) is 18.2 Å². The third-order valence-electron chi connectivity index (χ3n) is 6.28. The summed E-state index contributed by atoms with van der Waals surface area (Å²) in [6.07, 6.45) is -2.93. The number of aromatic nitrogens is 1. The smallest absolute Gasteiger partial charge is 0.475 e. The first-order valence-electron chi connectivity index (χ1n) is 11.1. The van der Waals surface area contributed by atoms with Crippen LogP contribution in [0.1, 0.15) is 51.5 Å². The van der Waals surface area contributed by atoms with E-state index >= 15 is 0 Å². The Balaban J connectivity index is 0.000000429. The van der Waals surface area contributed by atoms with Crippen LogP contribution in [0.5, 0.6) is 0 Å². The van der Waals surface area contributed by atoms with Crippen LogP contribution in [0.25, 0.3) is 10.9 Å². The number of nitrogens with two attached hydrogens (primary N) is 1. The van der Waals surface area contributed by atoms with Gasteiger partial charge in [-0.3, -0.25) is 9.69 Å². The van der Waals surface area contributed by atoms with Crippen molar-refractivity contribution < 1.29 is 32.3 Å². The number of rotatable bonds is 4. The van der Waals surface area contributed by atoms with Gasteiger partial charge in [-0.05, 0) is 80.6 Å². The summed E-state index contributed by atoms with van der Waals surface area (Å²) < 4.78 is 45.5. The monoisotopic (exact) mass is 493 g/mol. The number of aromatic amines is 1. The van der Waals surface area contributed by atoms with E-state index in [1.54, 1.807) is 6.07 Å². The summed E-state index contributed by atoms with van der Waals surface area (Å²) in [5, 5.41) is 7.87. The lowest BCUT2D eigenvalue weighted by molar-refractivity contribution is -0.192. The first kappa shape index (κ1) is 26.2. The third kappa shape index (κ3) is 6.19. The number of hydrogen-bond donors (Lipinski definition) is 3. The van der Waals surface area contributed by atoms with Crippen molar-refractivity contribution in [1.29, 1.82) is 0 Å². The van der Waals surface area contributed by atoms with Crippen LogP contribution < -0.4 is 5.73 Å². The lowest BCUT2D eigenvalue weighted by atomic mass is 9.84. The number of carboxylic acid groups (broad SMARTS) is 1. The number of carboxylic acids is 1. The van der Waals surface area contributed by atoms with E-state index in [4.69, 9.17) is 15.6 Å². The number of piperidine rings is 1. The Hall–Kier alpha value is -3.40. The van der Waals surface area contributed by atoms with Gasteiger partial charge in [-0.15, -0.1) is 0 Å². The Morgan fingerprint density at radius 3 is 2.20 bits per heavy atom. The topological polar surface area (TPSA) is 99.4 Å². The number of aryl methyl sites for hydroxylation is 2. The Morgan fingerprint density at radius 1 is 1.11 bits per heavy atom. The molecule has 1 amide bonds. The number of nitrogens with one attached hydrogen (secondary N) is 1. The summed E-state index contributed by atoms with van der Waals surface area (Å²) in [5.74, 6) is -3.00. The Kier molecular flexibility index (Phi) is 7.84. The molecule has 0 saturated carbocycles. The molecule has 4 rings (SSSR count). The number of H-pyrrole nitrogens is 1. The molecule has 188 valence electrons. The predicted molar refractivity (Wildman–Crippen MR) is 124 cm³/mol. The molecule has 1 saturated heterocycles. The van der Waals surface area contributed by atoms with Gasteiger partial charge in [0.2, 0.25) is 0 Å². The van der Waals surface area contributed by atoms with Crippen molar-refractivity contribution in [3.63, 3.8) is 0 Å².